The lowest BCUT2D eigenvalue weighted by atomic mass is 10.1. The summed E-state index contributed by atoms with van der Waals surface area (Å²) in [7, 11) is 0. The van der Waals surface area contributed by atoms with Crippen LogP contribution in [0.1, 0.15) is 25.8 Å². The van der Waals surface area contributed by atoms with Crippen molar-refractivity contribution in [3.8, 4) is 11.4 Å². The molecule has 6 rings (SSSR count). The Hall–Kier alpha value is -3.59. The molecule has 0 spiro atoms. The minimum Gasteiger partial charge on any atom is -0.360 e. The van der Waals surface area contributed by atoms with Crippen LogP contribution in [-0.4, -0.2) is 43.4 Å². The smallest absolute Gasteiger partial charge is 0.244 e. The molecular weight excluding hydrogens is 436 g/mol. The van der Waals surface area contributed by atoms with E-state index in [9.17, 15) is 9.59 Å². The second kappa shape index (κ2) is 7.77. The molecule has 2 amide bonds. The van der Waals surface area contributed by atoms with E-state index >= 15 is 0 Å². The summed E-state index contributed by atoms with van der Waals surface area (Å²) in [5.74, 6) is 0.503. The molecule has 1 aliphatic heterocycles. The van der Waals surface area contributed by atoms with Crippen LogP contribution < -0.4 is 10.2 Å². The standard InChI is InChI=1S/C24H22N6O2S/c1-14(23(32)29-13-21(31)26-19-8-4-5-9-20(19)29)33-24-28-27-22(30(24)15-10-11-15)17-12-25-18-7-3-2-6-16(17)18/h2-9,12,14-15,25H,10-11,13H2,1H3,(H,26,31). The number of benzene rings is 2. The third-order valence-corrected chi connectivity index (χ3v) is 7.12. The highest BCUT2D eigenvalue weighted by Gasteiger charge is 2.34. The molecule has 0 radical (unpaired) electrons. The molecule has 0 saturated heterocycles. The van der Waals surface area contributed by atoms with E-state index in [2.05, 4.69) is 31.1 Å². The second-order valence-corrected chi connectivity index (χ2v) is 9.71. The number of nitrogens with one attached hydrogen (secondary N) is 2. The topological polar surface area (TPSA) is 95.9 Å². The highest BCUT2D eigenvalue weighted by Crippen LogP contribution is 2.43. The molecule has 3 heterocycles. The van der Waals surface area contributed by atoms with Crippen molar-refractivity contribution in [2.45, 2.75) is 36.2 Å². The summed E-state index contributed by atoms with van der Waals surface area (Å²) in [6.45, 7) is 1.87. The zero-order valence-electron chi connectivity index (χ0n) is 18.0. The maximum absolute atomic E-state index is 13.4. The van der Waals surface area contributed by atoms with Gasteiger partial charge < -0.3 is 10.3 Å². The number of rotatable bonds is 5. The molecule has 33 heavy (non-hydrogen) atoms. The molecule has 2 aliphatic rings. The van der Waals surface area contributed by atoms with E-state index in [1.807, 2.05) is 55.6 Å². The maximum Gasteiger partial charge on any atom is 0.244 e. The third kappa shape index (κ3) is 3.48. The van der Waals surface area contributed by atoms with E-state index in [0.29, 0.717) is 11.7 Å². The van der Waals surface area contributed by atoms with Crippen molar-refractivity contribution in [2.24, 2.45) is 0 Å². The molecule has 2 N–H and O–H groups in total. The Bertz CT molecular complexity index is 1390. The van der Waals surface area contributed by atoms with Gasteiger partial charge in [0.05, 0.1) is 16.6 Å². The van der Waals surface area contributed by atoms with Gasteiger partial charge in [-0.1, -0.05) is 42.1 Å². The largest absolute Gasteiger partial charge is 0.360 e. The first-order valence-corrected chi connectivity index (χ1v) is 11.9. The summed E-state index contributed by atoms with van der Waals surface area (Å²) in [4.78, 5) is 30.4. The lowest BCUT2D eigenvalue weighted by Gasteiger charge is -2.30. The molecule has 9 heteroatoms. The molecular formula is C24H22N6O2S. The second-order valence-electron chi connectivity index (χ2n) is 8.41. The van der Waals surface area contributed by atoms with Crippen molar-refractivity contribution >= 4 is 45.9 Å². The van der Waals surface area contributed by atoms with Crippen LogP contribution in [0, 0.1) is 0 Å². The van der Waals surface area contributed by atoms with Crippen LogP contribution in [0.5, 0.6) is 0 Å². The molecule has 1 atom stereocenters. The third-order valence-electron chi connectivity index (χ3n) is 6.07. The van der Waals surface area contributed by atoms with Crippen molar-refractivity contribution in [1.29, 1.82) is 0 Å². The van der Waals surface area contributed by atoms with Crippen molar-refractivity contribution < 1.29 is 9.59 Å². The quantitative estimate of drug-likeness (QED) is 0.437. The Kier molecular flexibility index (Phi) is 4.72. The first-order valence-electron chi connectivity index (χ1n) is 11.0. The van der Waals surface area contributed by atoms with E-state index in [1.54, 1.807) is 4.90 Å². The highest BCUT2D eigenvalue weighted by atomic mass is 32.2. The van der Waals surface area contributed by atoms with Crippen molar-refractivity contribution in [2.75, 3.05) is 16.8 Å². The first-order chi connectivity index (χ1) is 16.1. The number of aromatic nitrogens is 4. The van der Waals surface area contributed by atoms with Gasteiger partial charge in [-0.2, -0.15) is 0 Å². The number of thioether (sulfide) groups is 1. The van der Waals surface area contributed by atoms with Gasteiger partial charge in [0.1, 0.15) is 6.54 Å². The van der Waals surface area contributed by atoms with Gasteiger partial charge in [0.25, 0.3) is 0 Å². The summed E-state index contributed by atoms with van der Waals surface area (Å²) in [5.41, 5.74) is 3.44. The molecule has 1 saturated carbocycles. The summed E-state index contributed by atoms with van der Waals surface area (Å²) < 4.78 is 2.17. The van der Waals surface area contributed by atoms with Crippen LogP contribution in [0.25, 0.3) is 22.3 Å². The normalized spacial score (nSPS) is 16.5. The number of para-hydroxylation sites is 3. The SMILES string of the molecule is CC(Sc1nnc(-c2c[nH]c3ccccc23)n1C1CC1)C(=O)N1CC(=O)Nc2ccccc21. The summed E-state index contributed by atoms with van der Waals surface area (Å²) >= 11 is 1.40. The van der Waals surface area contributed by atoms with E-state index < -0.39 is 5.25 Å². The van der Waals surface area contributed by atoms with Crippen LogP contribution >= 0.6 is 11.8 Å². The van der Waals surface area contributed by atoms with Crippen LogP contribution in [-0.2, 0) is 9.59 Å². The Morgan fingerprint density at radius 3 is 2.76 bits per heavy atom. The minimum atomic E-state index is -0.429. The molecule has 2 aromatic heterocycles. The average Bonchev–Trinajstić information content (AvgIpc) is 3.45. The van der Waals surface area contributed by atoms with Gasteiger partial charge in [0.15, 0.2) is 11.0 Å². The Morgan fingerprint density at radius 1 is 1.12 bits per heavy atom. The van der Waals surface area contributed by atoms with Crippen LogP contribution in [0.4, 0.5) is 11.4 Å². The lowest BCUT2D eigenvalue weighted by molar-refractivity contribution is -0.121. The number of hydrogen-bond donors (Lipinski definition) is 2. The zero-order chi connectivity index (χ0) is 22.5. The van der Waals surface area contributed by atoms with Gasteiger partial charge in [-0.3, -0.25) is 19.1 Å². The molecule has 0 bridgehead atoms. The van der Waals surface area contributed by atoms with Crippen molar-refractivity contribution in [3.05, 3.63) is 54.7 Å². The fraction of sp³-hybridized carbons (Fsp3) is 0.250. The van der Waals surface area contributed by atoms with E-state index in [-0.39, 0.29) is 18.4 Å². The monoisotopic (exact) mass is 458 g/mol. The van der Waals surface area contributed by atoms with Crippen LogP contribution in [0.2, 0.25) is 0 Å². The van der Waals surface area contributed by atoms with Crippen LogP contribution in [0.15, 0.2) is 59.9 Å². The number of H-pyrrole nitrogens is 1. The number of carbonyl (C=O) groups excluding carboxylic acids is 2. The minimum absolute atomic E-state index is 0.0106. The number of hydrogen-bond acceptors (Lipinski definition) is 5. The van der Waals surface area contributed by atoms with Crippen molar-refractivity contribution in [1.82, 2.24) is 19.7 Å². The van der Waals surface area contributed by atoms with E-state index in [4.69, 9.17) is 0 Å². The summed E-state index contributed by atoms with van der Waals surface area (Å²) in [6, 6.07) is 15.8. The molecule has 1 fully saturated rings. The molecule has 1 unspecified atom stereocenters. The summed E-state index contributed by atoms with van der Waals surface area (Å²) in [5, 5.41) is 13.2. The molecule has 1 aliphatic carbocycles. The number of carbonyl (C=O) groups is 2. The van der Waals surface area contributed by atoms with Gasteiger partial charge in [-0.25, -0.2) is 0 Å². The molecule has 4 aromatic rings. The molecule has 2 aromatic carbocycles. The lowest BCUT2D eigenvalue weighted by Crippen LogP contribution is -2.45. The number of anilines is 2. The van der Waals surface area contributed by atoms with Crippen LogP contribution in [0.3, 0.4) is 0 Å². The molecule has 166 valence electrons. The average molecular weight is 459 g/mol. The summed E-state index contributed by atoms with van der Waals surface area (Å²) in [6.07, 6.45) is 4.12. The van der Waals surface area contributed by atoms with Crippen molar-refractivity contribution in [3.63, 3.8) is 0 Å². The first kappa shape index (κ1) is 20.0. The Labute approximate surface area is 194 Å². The predicted octanol–water partition coefficient (Wildman–Crippen LogP) is 4.23. The van der Waals surface area contributed by atoms with Gasteiger partial charge >= 0.3 is 0 Å². The van der Waals surface area contributed by atoms with Gasteiger partial charge in [-0.15, -0.1) is 10.2 Å². The molecule has 8 nitrogen and oxygen atoms in total. The number of fused-ring (bicyclic) bond motifs is 2. The Morgan fingerprint density at radius 2 is 1.91 bits per heavy atom. The maximum atomic E-state index is 13.4. The van der Waals surface area contributed by atoms with Gasteiger partial charge in [0, 0.05) is 28.7 Å². The zero-order valence-corrected chi connectivity index (χ0v) is 18.8. The van der Waals surface area contributed by atoms with E-state index in [1.165, 1.54) is 11.8 Å². The Balaban J connectivity index is 1.31. The highest BCUT2D eigenvalue weighted by molar-refractivity contribution is 8.00. The van der Waals surface area contributed by atoms with E-state index in [0.717, 1.165) is 46.0 Å². The van der Waals surface area contributed by atoms with Gasteiger partial charge in [-0.05, 0) is 38.0 Å². The predicted molar refractivity (Wildman–Crippen MR) is 128 cm³/mol. The van der Waals surface area contributed by atoms with Gasteiger partial charge in [0.2, 0.25) is 11.8 Å². The number of amides is 2. The number of aromatic amines is 1. The number of nitrogens with zero attached hydrogens (tertiary/aromatic N) is 4. The fourth-order valence-corrected chi connectivity index (χ4v) is 5.30. The fourth-order valence-electron chi connectivity index (χ4n) is 4.32.